The molecule has 1 aliphatic rings. The molecule has 1 atom stereocenters. The molecule has 0 aliphatic heterocycles. The van der Waals surface area contributed by atoms with Gasteiger partial charge in [-0.15, -0.1) is 0 Å². The topological polar surface area (TPSA) is 56.7 Å². The molecule has 88 valence electrons. The fraction of sp³-hybridized carbons (Fsp3) is 0.385. The first kappa shape index (κ1) is 10.5. The predicted octanol–water partition coefficient (Wildman–Crippen LogP) is 1.65. The Morgan fingerprint density at radius 3 is 2.59 bits per heavy atom. The lowest BCUT2D eigenvalue weighted by Crippen LogP contribution is -2.31. The van der Waals surface area contributed by atoms with E-state index in [2.05, 4.69) is 35.3 Å². The van der Waals surface area contributed by atoms with E-state index in [1.54, 1.807) is 17.2 Å². The molecule has 1 aliphatic carbocycles. The number of nitrogens with two attached hydrogens (primary N) is 1. The van der Waals surface area contributed by atoms with Crippen LogP contribution in [0.3, 0.4) is 0 Å². The summed E-state index contributed by atoms with van der Waals surface area (Å²) in [7, 11) is 0. The van der Waals surface area contributed by atoms with Crippen LogP contribution in [-0.2, 0) is 5.41 Å². The van der Waals surface area contributed by atoms with Gasteiger partial charge in [-0.05, 0) is 37.5 Å². The average Bonchev–Trinajstić information content (AvgIpc) is 2.98. The summed E-state index contributed by atoms with van der Waals surface area (Å²) in [6.45, 7) is 2.09. The zero-order chi connectivity index (χ0) is 11.9. The molecule has 3 rings (SSSR count). The summed E-state index contributed by atoms with van der Waals surface area (Å²) in [4.78, 5) is 1.64. The third kappa shape index (κ3) is 1.65. The Labute approximate surface area is 100 Å². The van der Waals surface area contributed by atoms with Gasteiger partial charge in [-0.3, -0.25) is 0 Å². The van der Waals surface area contributed by atoms with E-state index < -0.39 is 0 Å². The van der Waals surface area contributed by atoms with Gasteiger partial charge in [-0.1, -0.05) is 12.1 Å². The minimum absolute atomic E-state index is 0.184. The van der Waals surface area contributed by atoms with Gasteiger partial charge in [-0.25, -0.2) is 0 Å². The third-order valence-electron chi connectivity index (χ3n) is 3.73. The second kappa shape index (κ2) is 3.67. The Kier molecular flexibility index (Phi) is 2.26. The Bertz CT molecular complexity index is 512. The Morgan fingerprint density at radius 1 is 1.29 bits per heavy atom. The van der Waals surface area contributed by atoms with Gasteiger partial charge in [0.25, 0.3) is 0 Å². The second-order valence-electron chi connectivity index (χ2n) is 4.81. The van der Waals surface area contributed by atoms with E-state index in [1.165, 1.54) is 18.4 Å². The van der Waals surface area contributed by atoms with Gasteiger partial charge >= 0.3 is 0 Å². The molecule has 4 heteroatoms. The van der Waals surface area contributed by atoms with Gasteiger partial charge in [0.15, 0.2) is 0 Å². The first-order valence-electron chi connectivity index (χ1n) is 5.95. The normalized spacial score (nSPS) is 18.9. The van der Waals surface area contributed by atoms with Gasteiger partial charge in [-0.2, -0.15) is 15.0 Å². The standard InChI is InChI=1S/C13H16N4/c1-10(14)13(5-6-13)11-3-2-4-12(9-11)17-15-7-8-16-17/h2-4,7-10H,5-6,14H2,1H3. The maximum absolute atomic E-state index is 6.10. The summed E-state index contributed by atoms with van der Waals surface area (Å²) < 4.78 is 0. The Balaban J connectivity index is 2.01. The quantitative estimate of drug-likeness (QED) is 0.869. The summed E-state index contributed by atoms with van der Waals surface area (Å²) in [5, 5.41) is 8.30. The van der Waals surface area contributed by atoms with Crippen molar-refractivity contribution in [1.82, 2.24) is 15.0 Å². The van der Waals surface area contributed by atoms with E-state index in [0.717, 1.165) is 5.69 Å². The lowest BCUT2D eigenvalue weighted by molar-refractivity contribution is 0.556. The van der Waals surface area contributed by atoms with Crippen molar-refractivity contribution in [3.63, 3.8) is 0 Å². The summed E-state index contributed by atoms with van der Waals surface area (Å²) in [5.41, 5.74) is 8.59. The molecule has 1 saturated carbocycles. The van der Waals surface area contributed by atoms with E-state index in [-0.39, 0.29) is 11.5 Å². The van der Waals surface area contributed by atoms with E-state index >= 15 is 0 Å². The molecule has 2 aromatic rings. The molecule has 4 nitrogen and oxygen atoms in total. The van der Waals surface area contributed by atoms with Crippen molar-refractivity contribution in [2.24, 2.45) is 5.73 Å². The van der Waals surface area contributed by atoms with Crippen LogP contribution in [0.5, 0.6) is 0 Å². The Hall–Kier alpha value is -1.68. The first-order chi connectivity index (χ1) is 8.22. The molecule has 0 amide bonds. The third-order valence-corrected chi connectivity index (χ3v) is 3.73. The van der Waals surface area contributed by atoms with Crippen LogP contribution in [0.2, 0.25) is 0 Å². The molecular formula is C13H16N4. The monoisotopic (exact) mass is 228 g/mol. The van der Waals surface area contributed by atoms with Crippen LogP contribution in [0.4, 0.5) is 0 Å². The molecule has 0 saturated heterocycles. The highest BCUT2D eigenvalue weighted by Crippen LogP contribution is 2.50. The molecule has 1 fully saturated rings. The van der Waals surface area contributed by atoms with Crippen LogP contribution in [-0.4, -0.2) is 21.0 Å². The SMILES string of the molecule is CC(N)C1(c2cccc(-n3nccn3)c2)CC1. The zero-order valence-corrected chi connectivity index (χ0v) is 9.87. The molecule has 0 bridgehead atoms. The van der Waals surface area contributed by atoms with E-state index in [4.69, 9.17) is 5.73 Å². The molecule has 1 unspecified atom stereocenters. The lowest BCUT2D eigenvalue weighted by atomic mass is 9.89. The smallest absolute Gasteiger partial charge is 0.0859 e. The second-order valence-corrected chi connectivity index (χ2v) is 4.81. The lowest BCUT2D eigenvalue weighted by Gasteiger charge is -2.20. The van der Waals surface area contributed by atoms with Crippen molar-refractivity contribution in [2.45, 2.75) is 31.2 Å². The molecule has 1 aromatic heterocycles. The van der Waals surface area contributed by atoms with Gasteiger partial charge < -0.3 is 5.73 Å². The van der Waals surface area contributed by atoms with Crippen molar-refractivity contribution in [3.05, 3.63) is 42.2 Å². The van der Waals surface area contributed by atoms with Crippen LogP contribution in [0.25, 0.3) is 5.69 Å². The first-order valence-corrected chi connectivity index (χ1v) is 5.95. The molecule has 2 N–H and O–H groups in total. The number of rotatable bonds is 3. The number of benzene rings is 1. The largest absolute Gasteiger partial charge is 0.327 e. The van der Waals surface area contributed by atoms with E-state index in [1.807, 2.05) is 6.07 Å². The zero-order valence-electron chi connectivity index (χ0n) is 9.87. The van der Waals surface area contributed by atoms with Crippen LogP contribution in [0.15, 0.2) is 36.7 Å². The van der Waals surface area contributed by atoms with Gasteiger partial charge in [0.1, 0.15) is 0 Å². The van der Waals surface area contributed by atoms with Crippen LogP contribution >= 0.6 is 0 Å². The molecular weight excluding hydrogens is 212 g/mol. The fourth-order valence-corrected chi connectivity index (χ4v) is 2.43. The van der Waals surface area contributed by atoms with E-state index in [0.29, 0.717) is 0 Å². The summed E-state index contributed by atoms with van der Waals surface area (Å²) in [6.07, 6.45) is 5.73. The van der Waals surface area contributed by atoms with Crippen molar-refractivity contribution < 1.29 is 0 Å². The summed E-state index contributed by atoms with van der Waals surface area (Å²) in [6, 6.07) is 8.57. The van der Waals surface area contributed by atoms with Crippen LogP contribution in [0.1, 0.15) is 25.3 Å². The predicted molar refractivity (Wildman–Crippen MR) is 65.9 cm³/mol. The number of aromatic nitrogens is 3. The van der Waals surface area contributed by atoms with Crippen LogP contribution < -0.4 is 5.73 Å². The van der Waals surface area contributed by atoms with Crippen molar-refractivity contribution >= 4 is 0 Å². The molecule has 0 radical (unpaired) electrons. The molecule has 1 heterocycles. The highest BCUT2D eigenvalue weighted by molar-refractivity contribution is 5.41. The molecule has 17 heavy (non-hydrogen) atoms. The van der Waals surface area contributed by atoms with Gasteiger partial charge in [0.2, 0.25) is 0 Å². The maximum atomic E-state index is 6.10. The van der Waals surface area contributed by atoms with Crippen molar-refractivity contribution in [1.29, 1.82) is 0 Å². The number of hydrogen-bond acceptors (Lipinski definition) is 3. The van der Waals surface area contributed by atoms with Gasteiger partial charge in [0, 0.05) is 11.5 Å². The number of hydrogen-bond donors (Lipinski definition) is 1. The highest BCUT2D eigenvalue weighted by atomic mass is 15.5. The highest BCUT2D eigenvalue weighted by Gasteiger charge is 2.47. The van der Waals surface area contributed by atoms with Gasteiger partial charge in [0.05, 0.1) is 18.1 Å². The van der Waals surface area contributed by atoms with Crippen molar-refractivity contribution in [2.75, 3.05) is 0 Å². The van der Waals surface area contributed by atoms with Crippen molar-refractivity contribution in [3.8, 4) is 5.69 Å². The molecule has 0 spiro atoms. The minimum Gasteiger partial charge on any atom is -0.327 e. The summed E-state index contributed by atoms with van der Waals surface area (Å²) in [5.74, 6) is 0. The number of nitrogens with zero attached hydrogens (tertiary/aromatic N) is 3. The molecule has 1 aromatic carbocycles. The van der Waals surface area contributed by atoms with E-state index in [9.17, 15) is 0 Å². The Morgan fingerprint density at radius 2 is 2.00 bits per heavy atom. The minimum atomic E-state index is 0.184. The summed E-state index contributed by atoms with van der Waals surface area (Å²) >= 11 is 0. The maximum Gasteiger partial charge on any atom is 0.0859 e. The average molecular weight is 228 g/mol. The van der Waals surface area contributed by atoms with Crippen LogP contribution in [0, 0.1) is 0 Å². The fourth-order valence-electron chi connectivity index (χ4n) is 2.43.